The Morgan fingerprint density at radius 2 is 2.24 bits per heavy atom. The van der Waals surface area contributed by atoms with Crippen LogP contribution in [0.1, 0.15) is 6.92 Å². The second-order valence-corrected chi connectivity index (χ2v) is 4.22. The van der Waals surface area contributed by atoms with Gasteiger partial charge in [0.25, 0.3) is 0 Å². The van der Waals surface area contributed by atoms with Gasteiger partial charge >= 0.3 is 6.09 Å². The molecule has 1 aliphatic rings. The van der Waals surface area contributed by atoms with Crippen molar-refractivity contribution in [3.05, 3.63) is 24.3 Å². The largest absolute Gasteiger partial charge is 0.495 e. The average Bonchev–Trinajstić information content (AvgIpc) is 2.66. The molecule has 0 saturated carbocycles. The van der Waals surface area contributed by atoms with Crippen LogP contribution in [0.15, 0.2) is 24.3 Å². The average molecular weight is 237 g/mol. The Morgan fingerprint density at radius 3 is 2.88 bits per heavy atom. The number of nitrogens with zero attached hydrogens (tertiary/aromatic N) is 1. The first-order valence-electron chi connectivity index (χ1n) is 5.33. The molecule has 1 saturated heterocycles. The van der Waals surface area contributed by atoms with Crippen LogP contribution in [-0.4, -0.2) is 37.1 Å². The number of aliphatic hydroxyl groups excluding tert-OH is 1. The molecular weight excluding hydrogens is 222 g/mol. The molecule has 1 fully saturated rings. The maximum atomic E-state index is 11.8. The fraction of sp³-hybridized carbons (Fsp3) is 0.417. The van der Waals surface area contributed by atoms with Gasteiger partial charge in [0.1, 0.15) is 17.9 Å². The number of carbonyl (C=O) groups is 1. The lowest BCUT2D eigenvalue weighted by Crippen LogP contribution is -2.48. The lowest BCUT2D eigenvalue weighted by atomic mass is 10.0. The summed E-state index contributed by atoms with van der Waals surface area (Å²) in [5.41, 5.74) is -0.139. The van der Waals surface area contributed by atoms with Gasteiger partial charge in [0.15, 0.2) is 0 Å². The molecule has 1 unspecified atom stereocenters. The highest BCUT2D eigenvalue weighted by Gasteiger charge is 2.45. The number of para-hydroxylation sites is 2. The third-order valence-electron chi connectivity index (χ3n) is 2.90. The molecule has 92 valence electrons. The summed E-state index contributed by atoms with van der Waals surface area (Å²) in [6.45, 7) is 1.77. The van der Waals surface area contributed by atoms with Gasteiger partial charge in [-0.25, -0.2) is 4.79 Å². The van der Waals surface area contributed by atoms with Crippen molar-refractivity contribution < 1.29 is 19.4 Å². The first kappa shape index (κ1) is 11.7. The quantitative estimate of drug-likeness (QED) is 0.863. The zero-order chi connectivity index (χ0) is 12.5. The number of anilines is 1. The predicted molar refractivity (Wildman–Crippen MR) is 62.3 cm³/mol. The highest BCUT2D eigenvalue weighted by atomic mass is 16.6. The fourth-order valence-electron chi connectivity index (χ4n) is 1.89. The number of carbonyl (C=O) groups excluding carboxylic acids is 1. The summed E-state index contributed by atoms with van der Waals surface area (Å²) in [6, 6.07) is 7.15. The molecule has 1 amide bonds. The fourth-order valence-corrected chi connectivity index (χ4v) is 1.89. The van der Waals surface area contributed by atoms with Gasteiger partial charge in [0.05, 0.1) is 19.4 Å². The zero-order valence-electron chi connectivity index (χ0n) is 9.84. The summed E-state index contributed by atoms with van der Waals surface area (Å²) in [5, 5.41) is 9.42. The molecule has 1 aliphatic heterocycles. The van der Waals surface area contributed by atoms with Crippen molar-refractivity contribution in [1.82, 2.24) is 0 Å². The molecule has 1 N–H and O–H groups in total. The van der Waals surface area contributed by atoms with Crippen LogP contribution in [0, 0.1) is 0 Å². The number of ether oxygens (including phenoxy) is 2. The minimum atomic E-state index is -0.744. The number of amides is 1. The van der Waals surface area contributed by atoms with Crippen molar-refractivity contribution in [2.45, 2.75) is 12.5 Å². The maximum Gasteiger partial charge on any atom is 0.415 e. The molecule has 17 heavy (non-hydrogen) atoms. The second kappa shape index (κ2) is 4.25. The van der Waals surface area contributed by atoms with E-state index in [4.69, 9.17) is 9.47 Å². The number of rotatable bonds is 3. The van der Waals surface area contributed by atoms with E-state index in [1.807, 2.05) is 6.07 Å². The summed E-state index contributed by atoms with van der Waals surface area (Å²) in [7, 11) is 1.54. The third kappa shape index (κ3) is 1.82. The predicted octanol–water partition coefficient (Wildman–Crippen LogP) is 1.40. The van der Waals surface area contributed by atoms with Crippen molar-refractivity contribution >= 4 is 11.8 Å². The SMILES string of the molecule is COc1ccccc1N1C(=O)OCC1(C)CO. The molecule has 1 atom stereocenters. The highest BCUT2D eigenvalue weighted by molar-refractivity contribution is 5.93. The standard InChI is InChI=1S/C12H15NO4/c1-12(7-14)8-17-11(15)13(12)9-5-3-4-6-10(9)16-2/h3-6,14H,7-8H2,1-2H3. The summed E-state index contributed by atoms with van der Waals surface area (Å²) < 4.78 is 10.2. The number of benzene rings is 1. The molecule has 1 aromatic rings. The van der Waals surface area contributed by atoms with E-state index in [0.717, 1.165) is 0 Å². The van der Waals surface area contributed by atoms with Crippen LogP contribution in [0.4, 0.5) is 10.5 Å². The summed E-state index contributed by atoms with van der Waals surface area (Å²) >= 11 is 0. The van der Waals surface area contributed by atoms with Crippen LogP contribution in [0.5, 0.6) is 5.75 Å². The first-order valence-corrected chi connectivity index (χ1v) is 5.33. The van der Waals surface area contributed by atoms with Crippen LogP contribution in [-0.2, 0) is 4.74 Å². The van der Waals surface area contributed by atoms with Gasteiger partial charge in [0.2, 0.25) is 0 Å². The number of hydrogen-bond acceptors (Lipinski definition) is 4. The van der Waals surface area contributed by atoms with Crippen molar-refractivity contribution in [2.75, 3.05) is 25.2 Å². The molecule has 0 radical (unpaired) electrons. The normalized spacial score (nSPS) is 23.7. The van der Waals surface area contributed by atoms with Gasteiger partial charge in [-0.1, -0.05) is 12.1 Å². The van der Waals surface area contributed by atoms with Crippen LogP contribution in [0.3, 0.4) is 0 Å². The van der Waals surface area contributed by atoms with Crippen LogP contribution < -0.4 is 9.64 Å². The second-order valence-electron chi connectivity index (χ2n) is 4.22. The molecule has 2 rings (SSSR count). The summed E-state index contributed by atoms with van der Waals surface area (Å²) in [5.74, 6) is 0.575. The van der Waals surface area contributed by atoms with Gasteiger partial charge in [-0.3, -0.25) is 4.90 Å². The molecule has 5 nitrogen and oxygen atoms in total. The molecule has 0 aromatic heterocycles. The Labute approximate surface area is 99.6 Å². The van der Waals surface area contributed by atoms with E-state index in [-0.39, 0.29) is 13.2 Å². The Kier molecular flexibility index (Phi) is 2.93. The van der Waals surface area contributed by atoms with Gasteiger partial charge < -0.3 is 14.6 Å². The smallest absolute Gasteiger partial charge is 0.415 e. The zero-order valence-corrected chi connectivity index (χ0v) is 9.84. The minimum Gasteiger partial charge on any atom is -0.495 e. The van der Waals surface area contributed by atoms with Crippen LogP contribution in [0.2, 0.25) is 0 Å². The summed E-state index contributed by atoms with van der Waals surface area (Å²) in [4.78, 5) is 13.2. The van der Waals surface area contributed by atoms with E-state index < -0.39 is 11.6 Å². The Hall–Kier alpha value is -1.75. The lowest BCUT2D eigenvalue weighted by Gasteiger charge is -2.30. The van der Waals surface area contributed by atoms with E-state index in [9.17, 15) is 9.90 Å². The van der Waals surface area contributed by atoms with Crippen molar-refractivity contribution in [3.63, 3.8) is 0 Å². The molecule has 1 aromatic carbocycles. The van der Waals surface area contributed by atoms with E-state index in [2.05, 4.69) is 0 Å². The molecule has 0 bridgehead atoms. The van der Waals surface area contributed by atoms with Gasteiger partial charge in [-0.15, -0.1) is 0 Å². The van der Waals surface area contributed by atoms with E-state index in [1.165, 1.54) is 12.0 Å². The molecule has 0 spiro atoms. The third-order valence-corrected chi connectivity index (χ3v) is 2.90. The Balaban J connectivity index is 2.47. The Bertz CT molecular complexity index is 434. The van der Waals surface area contributed by atoms with Crippen molar-refractivity contribution in [1.29, 1.82) is 0 Å². The van der Waals surface area contributed by atoms with Gasteiger partial charge in [-0.05, 0) is 19.1 Å². The molecular formula is C12H15NO4. The van der Waals surface area contributed by atoms with E-state index in [1.54, 1.807) is 25.1 Å². The van der Waals surface area contributed by atoms with Crippen LogP contribution >= 0.6 is 0 Å². The van der Waals surface area contributed by atoms with Gasteiger partial charge in [0, 0.05) is 0 Å². The van der Waals surface area contributed by atoms with E-state index in [0.29, 0.717) is 11.4 Å². The van der Waals surface area contributed by atoms with Crippen molar-refractivity contribution in [3.8, 4) is 5.75 Å². The topological polar surface area (TPSA) is 59.0 Å². The maximum absolute atomic E-state index is 11.8. The lowest BCUT2D eigenvalue weighted by molar-refractivity contribution is 0.155. The molecule has 1 heterocycles. The van der Waals surface area contributed by atoms with E-state index >= 15 is 0 Å². The van der Waals surface area contributed by atoms with Crippen LogP contribution in [0.25, 0.3) is 0 Å². The number of aliphatic hydroxyl groups is 1. The van der Waals surface area contributed by atoms with Crippen molar-refractivity contribution in [2.24, 2.45) is 0 Å². The number of hydrogen-bond donors (Lipinski definition) is 1. The molecule has 5 heteroatoms. The monoisotopic (exact) mass is 237 g/mol. The van der Waals surface area contributed by atoms with Gasteiger partial charge in [-0.2, -0.15) is 0 Å². The Morgan fingerprint density at radius 1 is 1.53 bits per heavy atom. The number of cyclic esters (lactones) is 1. The molecule has 0 aliphatic carbocycles. The highest BCUT2D eigenvalue weighted by Crippen LogP contribution is 2.36. The minimum absolute atomic E-state index is 0.167. The first-order chi connectivity index (χ1) is 8.12. The number of methoxy groups -OCH3 is 1. The summed E-state index contributed by atoms with van der Waals surface area (Å²) in [6.07, 6.45) is -0.467.